The van der Waals surface area contributed by atoms with Crippen LogP contribution in [0.1, 0.15) is 26.6 Å². The second kappa shape index (κ2) is 5.84. The zero-order valence-electron chi connectivity index (χ0n) is 14.9. The minimum atomic E-state index is 0.286. The van der Waals surface area contributed by atoms with E-state index in [1.54, 1.807) is 0 Å². The Morgan fingerprint density at radius 1 is 1.16 bits per heavy atom. The molecule has 4 aromatic rings. The third kappa shape index (κ3) is 2.61. The lowest BCUT2D eigenvalue weighted by Crippen LogP contribution is -2.13. The minimum Gasteiger partial charge on any atom is -0.351 e. The molecule has 0 atom stereocenters. The highest BCUT2D eigenvalue weighted by Gasteiger charge is 2.13. The third-order valence-electron chi connectivity index (χ3n) is 4.21. The Kier molecular flexibility index (Phi) is 3.63. The van der Waals surface area contributed by atoms with Gasteiger partial charge in [-0.15, -0.1) is 5.10 Å². The maximum absolute atomic E-state index is 4.85. The largest absolute Gasteiger partial charge is 0.351 e. The lowest BCUT2D eigenvalue weighted by molar-refractivity contribution is 0.746. The van der Waals surface area contributed by atoms with Crippen LogP contribution in [-0.2, 0) is 6.54 Å². The van der Waals surface area contributed by atoms with E-state index in [0.29, 0.717) is 5.95 Å². The number of nitrogens with one attached hydrogen (secondary N) is 1. The highest BCUT2D eigenvalue weighted by molar-refractivity contribution is 5.82. The summed E-state index contributed by atoms with van der Waals surface area (Å²) in [6.07, 6.45) is 3.77. The molecule has 7 nitrogen and oxygen atoms in total. The van der Waals surface area contributed by atoms with Gasteiger partial charge in [0.25, 0.3) is 0 Å². The fourth-order valence-corrected chi connectivity index (χ4v) is 3.08. The summed E-state index contributed by atoms with van der Waals surface area (Å²) in [4.78, 5) is 13.8. The van der Waals surface area contributed by atoms with Gasteiger partial charge in [0.15, 0.2) is 5.65 Å². The Labute approximate surface area is 145 Å². The number of aromatic nitrogens is 6. The summed E-state index contributed by atoms with van der Waals surface area (Å²) in [5.74, 6) is 1.60. The zero-order chi connectivity index (χ0) is 17.6. The number of fused-ring (bicyclic) bond motifs is 2. The van der Waals surface area contributed by atoms with Crippen molar-refractivity contribution in [3.63, 3.8) is 0 Å². The van der Waals surface area contributed by atoms with Crippen molar-refractivity contribution in [2.45, 2.75) is 40.3 Å². The zero-order valence-corrected chi connectivity index (χ0v) is 14.9. The van der Waals surface area contributed by atoms with E-state index >= 15 is 0 Å². The first-order chi connectivity index (χ1) is 12.1. The van der Waals surface area contributed by atoms with Crippen molar-refractivity contribution in [2.75, 3.05) is 5.32 Å². The van der Waals surface area contributed by atoms with Crippen LogP contribution in [0.15, 0.2) is 30.6 Å². The number of hydrogen-bond donors (Lipinski definition) is 1. The van der Waals surface area contributed by atoms with Crippen molar-refractivity contribution in [3.8, 4) is 11.3 Å². The van der Waals surface area contributed by atoms with Gasteiger partial charge < -0.3 is 9.88 Å². The number of aryl methyl sites for hydroxylation is 2. The van der Waals surface area contributed by atoms with Crippen molar-refractivity contribution >= 4 is 22.6 Å². The Balaban J connectivity index is 1.82. The van der Waals surface area contributed by atoms with Gasteiger partial charge in [0.2, 0.25) is 5.95 Å². The van der Waals surface area contributed by atoms with Crippen LogP contribution >= 0.6 is 0 Å². The summed E-state index contributed by atoms with van der Waals surface area (Å²) in [7, 11) is 0. The van der Waals surface area contributed by atoms with Crippen molar-refractivity contribution in [2.24, 2.45) is 0 Å². The molecular weight excluding hydrogens is 314 g/mol. The lowest BCUT2D eigenvalue weighted by atomic mass is 10.2. The summed E-state index contributed by atoms with van der Waals surface area (Å²) in [5, 5.41) is 7.73. The molecule has 128 valence electrons. The predicted molar refractivity (Wildman–Crippen MR) is 98.7 cm³/mol. The van der Waals surface area contributed by atoms with Crippen LogP contribution in [0.2, 0.25) is 0 Å². The Bertz CT molecular complexity index is 1060. The smallest absolute Gasteiger partial charge is 0.241 e. The predicted octanol–water partition coefficient (Wildman–Crippen LogP) is 3.29. The monoisotopic (exact) mass is 335 g/mol. The van der Waals surface area contributed by atoms with E-state index in [4.69, 9.17) is 4.98 Å². The molecule has 0 bridgehead atoms. The van der Waals surface area contributed by atoms with E-state index in [1.165, 1.54) is 0 Å². The molecule has 25 heavy (non-hydrogen) atoms. The first-order valence-corrected chi connectivity index (χ1v) is 8.52. The van der Waals surface area contributed by atoms with E-state index < -0.39 is 0 Å². The molecule has 0 aliphatic heterocycles. The van der Waals surface area contributed by atoms with Gasteiger partial charge in [-0.1, -0.05) is 0 Å². The van der Waals surface area contributed by atoms with Gasteiger partial charge in [-0.25, -0.2) is 19.5 Å². The summed E-state index contributed by atoms with van der Waals surface area (Å²) in [6, 6.07) is 6.34. The van der Waals surface area contributed by atoms with Gasteiger partial charge in [0.1, 0.15) is 11.3 Å². The summed E-state index contributed by atoms with van der Waals surface area (Å²) in [6.45, 7) is 9.09. The molecule has 0 aliphatic carbocycles. The first-order valence-electron chi connectivity index (χ1n) is 8.52. The molecule has 0 aliphatic rings. The second-order valence-electron chi connectivity index (χ2n) is 6.38. The fraction of sp³-hybridized carbons (Fsp3) is 0.333. The van der Waals surface area contributed by atoms with Crippen LogP contribution in [0, 0.1) is 6.92 Å². The lowest BCUT2D eigenvalue weighted by Gasteiger charge is -2.08. The molecule has 0 radical (unpaired) electrons. The highest BCUT2D eigenvalue weighted by Crippen LogP contribution is 2.26. The molecule has 4 aromatic heterocycles. The van der Waals surface area contributed by atoms with Gasteiger partial charge >= 0.3 is 0 Å². The number of nitrogens with zero attached hydrogens (tertiary/aromatic N) is 6. The van der Waals surface area contributed by atoms with Crippen LogP contribution in [0.5, 0.6) is 0 Å². The molecular formula is C18H21N7. The fourth-order valence-electron chi connectivity index (χ4n) is 3.08. The number of rotatable bonds is 4. The number of hydrogen-bond acceptors (Lipinski definition) is 5. The van der Waals surface area contributed by atoms with Crippen LogP contribution in [0.4, 0.5) is 5.95 Å². The van der Waals surface area contributed by atoms with Crippen molar-refractivity contribution < 1.29 is 0 Å². The van der Waals surface area contributed by atoms with Crippen LogP contribution < -0.4 is 5.32 Å². The SMILES string of the molecule is CCn1c(C)nc2ccc(-c3ccn4nc(NC(C)C)ncc34)nc21. The summed E-state index contributed by atoms with van der Waals surface area (Å²) >= 11 is 0. The molecule has 0 saturated heterocycles. The quantitative estimate of drug-likeness (QED) is 0.619. The van der Waals surface area contributed by atoms with Crippen molar-refractivity contribution in [1.29, 1.82) is 0 Å². The van der Waals surface area contributed by atoms with Crippen molar-refractivity contribution in [3.05, 3.63) is 36.4 Å². The van der Waals surface area contributed by atoms with E-state index in [9.17, 15) is 0 Å². The Morgan fingerprint density at radius 2 is 2.00 bits per heavy atom. The molecule has 0 fully saturated rings. The second-order valence-corrected chi connectivity index (χ2v) is 6.38. The molecule has 0 amide bonds. The third-order valence-corrected chi connectivity index (χ3v) is 4.21. The normalized spacial score (nSPS) is 11.7. The van der Waals surface area contributed by atoms with Gasteiger partial charge in [-0.2, -0.15) is 0 Å². The van der Waals surface area contributed by atoms with Crippen LogP contribution in [0.3, 0.4) is 0 Å². The van der Waals surface area contributed by atoms with E-state index in [2.05, 4.69) is 45.7 Å². The number of anilines is 1. The minimum absolute atomic E-state index is 0.286. The van der Waals surface area contributed by atoms with Gasteiger partial charge in [0.05, 0.1) is 17.4 Å². The maximum atomic E-state index is 4.85. The first kappa shape index (κ1) is 15.6. The van der Waals surface area contributed by atoms with E-state index in [1.807, 2.05) is 42.0 Å². The van der Waals surface area contributed by atoms with Gasteiger partial charge in [-0.3, -0.25) is 0 Å². The van der Waals surface area contributed by atoms with Crippen LogP contribution in [-0.4, -0.2) is 35.2 Å². The topological polar surface area (TPSA) is 72.9 Å². The van der Waals surface area contributed by atoms with Crippen LogP contribution in [0.25, 0.3) is 27.9 Å². The highest BCUT2D eigenvalue weighted by atomic mass is 15.3. The molecule has 4 rings (SSSR count). The summed E-state index contributed by atoms with van der Waals surface area (Å²) in [5.41, 5.74) is 4.68. The number of pyridine rings is 1. The number of imidazole rings is 1. The van der Waals surface area contributed by atoms with Crippen molar-refractivity contribution in [1.82, 2.24) is 29.1 Å². The molecule has 0 saturated carbocycles. The van der Waals surface area contributed by atoms with E-state index in [0.717, 1.165) is 40.3 Å². The molecule has 0 spiro atoms. The molecule has 7 heteroatoms. The van der Waals surface area contributed by atoms with Gasteiger partial charge in [-0.05, 0) is 45.9 Å². The van der Waals surface area contributed by atoms with Gasteiger partial charge in [0, 0.05) is 24.3 Å². The molecule has 1 N–H and O–H groups in total. The summed E-state index contributed by atoms with van der Waals surface area (Å²) < 4.78 is 3.96. The Hall–Kier alpha value is -2.96. The molecule has 0 unspecified atom stereocenters. The Morgan fingerprint density at radius 3 is 2.76 bits per heavy atom. The average Bonchev–Trinajstić information content (AvgIpc) is 3.13. The average molecular weight is 335 g/mol. The molecule has 0 aromatic carbocycles. The van der Waals surface area contributed by atoms with E-state index in [-0.39, 0.29) is 6.04 Å². The maximum Gasteiger partial charge on any atom is 0.241 e. The standard InChI is InChI=1S/C18H21N7/c1-5-24-12(4)21-15-7-6-14(22-17(15)24)13-8-9-25-16(13)10-19-18(23-25)20-11(2)3/h6-11H,5H2,1-4H3,(H,20,23). The molecule has 4 heterocycles.